The number of benzene rings is 1. The van der Waals surface area contributed by atoms with Crippen LogP contribution < -0.4 is 14.8 Å². The van der Waals surface area contributed by atoms with Crippen LogP contribution in [0.3, 0.4) is 0 Å². The lowest BCUT2D eigenvalue weighted by molar-refractivity contribution is 0.102. The van der Waals surface area contributed by atoms with E-state index in [9.17, 15) is 4.79 Å². The van der Waals surface area contributed by atoms with Gasteiger partial charge < -0.3 is 13.9 Å². The zero-order valence-electron chi connectivity index (χ0n) is 11.8. The molecule has 0 saturated carbocycles. The first kappa shape index (κ1) is 14.3. The third-order valence-electron chi connectivity index (χ3n) is 3.34. The summed E-state index contributed by atoms with van der Waals surface area (Å²) in [5, 5.41) is 3.25. The van der Waals surface area contributed by atoms with Gasteiger partial charge in [0, 0.05) is 18.6 Å². The number of furan rings is 1. The minimum atomic E-state index is -0.364. The molecular weight excluding hydrogens is 340 g/mol. The van der Waals surface area contributed by atoms with Crippen LogP contribution in [0.15, 0.2) is 28.9 Å². The van der Waals surface area contributed by atoms with E-state index >= 15 is 0 Å². The van der Waals surface area contributed by atoms with Gasteiger partial charge in [0.15, 0.2) is 16.6 Å². The quantitative estimate of drug-likeness (QED) is 0.757. The van der Waals surface area contributed by atoms with E-state index in [1.54, 1.807) is 0 Å². The molecule has 3 heterocycles. The van der Waals surface area contributed by atoms with Crippen LogP contribution >= 0.6 is 22.9 Å². The maximum Gasteiger partial charge on any atom is 0.262 e. The fourth-order valence-electron chi connectivity index (χ4n) is 2.26. The third kappa shape index (κ3) is 2.73. The zero-order chi connectivity index (χ0) is 15.8. The molecule has 0 saturated heterocycles. The first-order chi connectivity index (χ1) is 11.2. The van der Waals surface area contributed by atoms with Gasteiger partial charge >= 0.3 is 0 Å². The Bertz CT molecular complexity index is 846. The molecule has 2 aromatic heterocycles. The Morgan fingerprint density at radius 2 is 2.04 bits per heavy atom. The number of hydrogen-bond acceptors (Lipinski definition) is 6. The summed E-state index contributed by atoms with van der Waals surface area (Å²) in [6.45, 7) is 1.24. The SMILES string of the molecule is O=C(Nc1nc2cc3c(cc2s1)OCCCO3)c1ccoc1Cl. The summed E-state index contributed by atoms with van der Waals surface area (Å²) in [4.78, 5) is 16.5. The van der Waals surface area contributed by atoms with Crippen molar-refractivity contribution >= 4 is 44.2 Å². The van der Waals surface area contributed by atoms with Gasteiger partial charge in [-0.2, -0.15) is 0 Å². The van der Waals surface area contributed by atoms with Crippen molar-refractivity contribution in [1.29, 1.82) is 0 Å². The van der Waals surface area contributed by atoms with E-state index in [2.05, 4.69) is 10.3 Å². The molecule has 118 valence electrons. The molecule has 6 nitrogen and oxygen atoms in total. The molecule has 1 amide bonds. The summed E-state index contributed by atoms with van der Waals surface area (Å²) < 4.78 is 17.1. The molecule has 1 N–H and O–H groups in total. The van der Waals surface area contributed by atoms with Crippen LogP contribution in [-0.4, -0.2) is 24.1 Å². The van der Waals surface area contributed by atoms with E-state index in [1.807, 2.05) is 12.1 Å². The molecule has 0 radical (unpaired) electrons. The van der Waals surface area contributed by atoms with Gasteiger partial charge in [0.05, 0.1) is 35.3 Å². The molecule has 0 aliphatic carbocycles. The van der Waals surface area contributed by atoms with Crippen molar-refractivity contribution < 1.29 is 18.7 Å². The molecule has 3 aromatic rings. The van der Waals surface area contributed by atoms with Gasteiger partial charge in [-0.15, -0.1) is 0 Å². The normalized spacial score (nSPS) is 13.8. The summed E-state index contributed by atoms with van der Waals surface area (Å²) in [6, 6.07) is 5.22. The lowest BCUT2D eigenvalue weighted by Gasteiger charge is -2.05. The number of nitrogens with one attached hydrogen (secondary N) is 1. The van der Waals surface area contributed by atoms with Gasteiger partial charge in [0.1, 0.15) is 0 Å². The molecule has 1 aliphatic heterocycles. The van der Waals surface area contributed by atoms with Crippen LogP contribution in [0.2, 0.25) is 5.22 Å². The van der Waals surface area contributed by atoms with Crippen LogP contribution in [0.25, 0.3) is 10.2 Å². The standard InChI is InChI=1S/C15H11ClN2O4S/c16-13-8(2-5-22-13)14(19)18-15-17-9-6-10-11(7-12(9)23-15)21-4-1-3-20-10/h2,5-7H,1,3-4H2,(H,17,18,19). The van der Waals surface area contributed by atoms with Gasteiger partial charge in [-0.05, 0) is 17.7 Å². The predicted octanol–water partition coefficient (Wildman–Crippen LogP) is 3.96. The predicted molar refractivity (Wildman–Crippen MR) is 86.9 cm³/mol. The molecule has 0 fully saturated rings. The molecule has 0 atom stereocenters. The van der Waals surface area contributed by atoms with E-state index in [0.717, 1.165) is 16.6 Å². The highest BCUT2D eigenvalue weighted by atomic mass is 35.5. The summed E-state index contributed by atoms with van der Waals surface area (Å²) >= 11 is 7.16. The zero-order valence-corrected chi connectivity index (χ0v) is 13.4. The molecule has 8 heteroatoms. The number of ether oxygens (including phenoxy) is 2. The van der Waals surface area contributed by atoms with E-state index < -0.39 is 0 Å². The maximum atomic E-state index is 12.1. The Morgan fingerprint density at radius 3 is 2.78 bits per heavy atom. The Hall–Kier alpha value is -2.25. The summed E-state index contributed by atoms with van der Waals surface area (Å²) in [5.41, 5.74) is 1.02. The van der Waals surface area contributed by atoms with Crippen LogP contribution in [0.4, 0.5) is 5.13 Å². The number of carbonyl (C=O) groups excluding carboxylic acids is 1. The second-order valence-electron chi connectivity index (χ2n) is 4.90. The Balaban J connectivity index is 1.64. The Labute approximate surface area is 140 Å². The number of halogens is 1. The second kappa shape index (κ2) is 5.75. The number of aromatic nitrogens is 1. The Kier molecular flexibility index (Phi) is 3.59. The minimum absolute atomic E-state index is 0.0529. The molecular formula is C15H11ClN2O4S. The largest absolute Gasteiger partial charge is 0.490 e. The van der Waals surface area contributed by atoms with E-state index in [4.69, 9.17) is 25.5 Å². The first-order valence-electron chi connectivity index (χ1n) is 6.95. The highest BCUT2D eigenvalue weighted by Crippen LogP contribution is 2.37. The van der Waals surface area contributed by atoms with Crippen molar-refractivity contribution in [2.45, 2.75) is 6.42 Å². The number of hydrogen-bond donors (Lipinski definition) is 1. The molecule has 0 bridgehead atoms. The van der Waals surface area contributed by atoms with Gasteiger partial charge in [-0.25, -0.2) is 4.98 Å². The van der Waals surface area contributed by atoms with Crippen LogP contribution in [0, 0.1) is 0 Å². The smallest absolute Gasteiger partial charge is 0.262 e. The van der Waals surface area contributed by atoms with Crippen molar-refractivity contribution in [3.05, 3.63) is 35.2 Å². The molecule has 4 rings (SSSR count). The van der Waals surface area contributed by atoms with Gasteiger partial charge in [-0.1, -0.05) is 11.3 Å². The molecule has 1 aromatic carbocycles. The number of thiazole rings is 1. The topological polar surface area (TPSA) is 73.6 Å². The highest BCUT2D eigenvalue weighted by Gasteiger charge is 2.17. The average Bonchev–Trinajstić information content (AvgIpc) is 3.04. The van der Waals surface area contributed by atoms with Crippen molar-refractivity contribution in [1.82, 2.24) is 4.98 Å². The monoisotopic (exact) mass is 350 g/mol. The fourth-order valence-corrected chi connectivity index (χ4v) is 3.33. The molecule has 0 unspecified atom stereocenters. The summed E-state index contributed by atoms with van der Waals surface area (Å²) in [5.74, 6) is 1.02. The lowest BCUT2D eigenvalue weighted by Crippen LogP contribution is -2.10. The summed E-state index contributed by atoms with van der Waals surface area (Å²) in [7, 11) is 0. The molecule has 23 heavy (non-hydrogen) atoms. The van der Waals surface area contributed by atoms with Gasteiger partial charge in [0.2, 0.25) is 5.22 Å². The summed E-state index contributed by atoms with van der Waals surface area (Å²) in [6.07, 6.45) is 2.21. The van der Waals surface area contributed by atoms with Crippen LogP contribution in [0.1, 0.15) is 16.8 Å². The minimum Gasteiger partial charge on any atom is -0.490 e. The van der Waals surface area contributed by atoms with E-state index in [-0.39, 0.29) is 16.7 Å². The average molecular weight is 351 g/mol. The maximum absolute atomic E-state index is 12.1. The fraction of sp³-hybridized carbons (Fsp3) is 0.200. The number of fused-ring (bicyclic) bond motifs is 2. The van der Waals surface area contributed by atoms with E-state index in [1.165, 1.54) is 23.7 Å². The number of nitrogens with zero attached hydrogens (tertiary/aromatic N) is 1. The second-order valence-corrected chi connectivity index (χ2v) is 6.27. The van der Waals surface area contributed by atoms with Crippen molar-refractivity contribution in [3.63, 3.8) is 0 Å². The van der Waals surface area contributed by atoms with Crippen molar-refractivity contribution in [2.75, 3.05) is 18.5 Å². The third-order valence-corrected chi connectivity index (χ3v) is 4.57. The Morgan fingerprint density at radius 1 is 1.26 bits per heavy atom. The number of amides is 1. The van der Waals surface area contributed by atoms with Crippen molar-refractivity contribution in [2.24, 2.45) is 0 Å². The van der Waals surface area contributed by atoms with Crippen LogP contribution in [0.5, 0.6) is 11.5 Å². The number of anilines is 1. The first-order valence-corrected chi connectivity index (χ1v) is 8.15. The number of rotatable bonds is 2. The molecule has 0 spiro atoms. The lowest BCUT2D eigenvalue weighted by atomic mass is 10.3. The highest BCUT2D eigenvalue weighted by molar-refractivity contribution is 7.22. The van der Waals surface area contributed by atoms with Gasteiger partial charge in [0.25, 0.3) is 5.91 Å². The van der Waals surface area contributed by atoms with Crippen LogP contribution in [-0.2, 0) is 0 Å². The van der Waals surface area contributed by atoms with Crippen molar-refractivity contribution in [3.8, 4) is 11.5 Å². The number of carbonyl (C=O) groups is 1. The molecule has 1 aliphatic rings. The van der Waals surface area contributed by atoms with Gasteiger partial charge in [-0.3, -0.25) is 10.1 Å². The van der Waals surface area contributed by atoms with E-state index in [0.29, 0.717) is 29.8 Å².